The van der Waals surface area contributed by atoms with Crippen LogP contribution in [0.3, 0.4) is 0 Å². The van der Waals surface area contributed by atoms with Gasteiger partial charge >= 0.3 is 0 Å². The molecule has 1 aromatic heterocycles. The van der Waals surface area contributed by atoms with Gasteiger partial charge in [0.2, 0.25) is 10.0 Å². The molecule has 0 radical (unpaired) electrons. The SMILES string of the molecule is Cc1noc(C)c1S(=O)(=O)N1CCC2(CC1)CC(CCOc1ccc(F)cc1)CCO2. The molecule has 0 saturated carbocycles. The van der Waals surface area contributed by atoms with E-state index in [2.05, 4.69) is 5.16 Å². The highest BCUT2D eigenvalue weighted by molar-refractivity contribution is 7.89. The Balaban J connectivity index is 1.32. The number of nitrogens with zero attached hydrogens (tertiary/aromatic N) is 2. The van der Waals surface area contributed by atoms with Gasteiger partial charge in [0.25, 0.3) is 0 Å². The Hall–Kier alpha value is -1.97. The molecule has 2 aliphatic heterocycles. The van der Waals surface area contributed by atoms with E-state index in [9.17, 15) is 12.8 Å². The molecule has 2 fully saturated rings. The molecular weight excluding hydrogens is 423 g/mol. The fourth-order valence-electron chi connectivity index (χ4n) is 4.70. The molecule has 0 aliphatic carbocycles. The van der Waals surface area contributed by atoms with Crippen molar-refractivity contribution in [3.8, 4) is 5.75 Å². The van der Waals surface area contributed by atoms with Gasteiger partial charge in [-0.25, -0.2) is 12.8 Å². The number of piperidine rings is 1. The number of hydrogen-bond donors (Lipinski definition) is 0. The summed E-state index contributed by atoms with van der Waals surface area (Å²) in [6, 6.07) is 6.05. The second kappa shape index (κ2) is 8.88. The van der Waals surface area contributed by atoms with Crippen LogP contribution in [0.2, 0.25) is 0 Å². The molecule has 7 nitrogen and oxygen atoms in total. The van der Waals surface area contributed by atoms with E-state index in [-0.39, 0.29) is 16.3 Å². The molecule has 1 aromatic carbocycles. The normalized spacial score (nSPS) is 22.0. The third-order valence-electron chi connectivity index (χ3n) is 6.40. The van der Waals surface area contributed by atoms with Gasteiger partial charge < -0.3 is 14.0 Å². The first-order valence-electron chi connectivity index (χ1n) is 10.7. The molecule has 1 unspecified atom stereocenters. The molecule has 3 heterocycles. The van der Waals surface area contributed by atoms with Crippen LogP contribution in [0.25, 0.3) is 0 Å². The van der Waals surface area contributed by atoms with E-state index >= 15 is 0 Å². The summed E-state index contributed by atoms with van der Waals surface area (Å²) in [5, 5.41) is 3.79. The molecule has 31 heavy (non-hydrogen) atoms. The fourth-order valence-corrected chi connectivity index (χ4v) is 6.44. The first-order valence-corrected chi connectivity index (χ1v) is 12.2. The van der Waals surface area contributed by atoms with Gasteiger partial charge in [0, 0.05) is 19.7 Å². The lowest BCUT2D eigenvalue weighted by atomic mass is 9.79. The van der Waals surface area contributed by atoms with Gasteiger partial charge in [0.05, 0.1) is 12.2 Å². The molecule has 170 valence electrons. The van der Waals surface area contributed by atoms with Gasteiger partial charge in [-0.15, -0.1) is 0 Å². The summed E-state index contributed by atoms with van der Waals surface area (Å²) in [5.74, 6) is 1.18. The molecule has 2 aromatic rings. The number of aromatic nitrogens is 1. The standard InChI is InChI=1S/C22H29FN2O5S/c1-16-21(17(2)30-24-16)31(26,27)25-11-9-22(10-12-25)15-18(8-14-29-22)7-13-28-20-5-3-19(23)4-6-20/h3-6,18H,7-15H2,1-2H3. The highest BCUT2D eigenvalue weighted by Crippen LogP contribution is 2.40. The van der Waals surface area contributed by atoms with Crippen LogP contribution >= 0.6 is 0 Å². The van der Waals surface area contributed by atoms with Gasteiger partial charge in [0.1, 0.15) is 22.2 Å². The van der Waals surface area contributed by atoms with Crippen LogP contribution in [0.4, 0.5) is 4.39 Å². The maximum absolute atomic E-state index is 13.1. The molecule has 9 heteroatoms. The number of benzene rings is 1. The van der Waals surface area contributed by atoms with Crippen molar-refractivity contribution in [2.75, 3.05) is 26.3 Å². The van der Waals surface area contributed by atoms with Crippen LogP contribution in [0.15, 0.2) is 33.7 Å². The van der Waals surface area contributed by atoms with Crippen molar-refractivity contribution in [3.63, 3.8) is 0 Å². The van der Waals surface area contributed by atoms with Crippen LogP contribution in [0.5, 0.6) is 5.75 Å². The quantitative estimate of drug-likeness (QED) is 0.662. The summed E-state index contributed by atoms with van der Waals surface area (Å²) < 4.78 is 57.7. The van der Waals surface area contributed by atoms with Gasteiger partial charge in [-0.05, 0) is 76.1 Å². The van der Waals surface area contributed by atoms with E-state index < -0.39 is 10.0 Å². The van der Waals surface area contributed by atoms with Crippen molar-refractivity contribution in [3.05, 3.63) is 41.5 Å². The highest BCUT2D eigenvalue weighted by atomic mass is 32.2. The van der Waals surface area contributed by atoms with E-state index in [1.807, 2.05) is 0 Å². The molecule has 1 spiro atoms. The molecule has 0 N–H and O–H groups in total. The van der Waals surface area contributed by atoms with Gasteiger partial charge in [-0.1, -0.05) is 5.16 Å². The number of ether oxygens (including phenoxy) is 2. The summed E-state index contributed by atoms with van der Waals surface area (Å²) in [6.07, 6.45) is 4.11. The summed E-state index contributed by atoms with van der Waals surface area (Å²) in [7, 11) is -3.62. The largest absolute Gasteiger partial charge is 0.494 e. The average Bonchev–Trinajstić information content (AvgIpc) is 3.09. The zero-order valence-corrected chi connectivity index (χ0v) is 18.8. The van der Waals surface area contributed by atoms with Crippen molar-refractivity contribution in [2.24, 2.45) is 5.92 Å². The first kappa shape index (κ1) is 22.2. The van der Waals surface area contributed by atoms with E-state index in [1.54, 1.807) is 26.0 Å². The van der Waals surface area contributed by atoms with Crippen LogP contribution < -0.4 is 4.74 Å². The molecule has 2 saturated heterocycles. The Morgan fingerprint density at radius 2 is 1.94 bits per heavy atom. The minimum absolute atomic E-state index is 0.184. The van der Waals surface area contributed by atoms with Crippen molar-refractivity contribution in [2.45, 2.75) is 56.4 Å². The lowest BCUT2D eigenvalue weighted by molar-refractivity contribution is -0.122. The summed E-state index contributed by atoms with van der Waals surface area (Å²) >= 11 is 0. The maximum atomic E-state index is 13.1. The summed E-state index contributed by atoms with van der Waals surface area (Å²) in [5.41, 5.74) is 0.122. The molecule has 4 rings (SSSR count). The van der Waals surface area contributed by atoms with E-state index in [4.69, 9.17) is 14.0 Å². The van der Waals surface area contributed by atoms with Crippen molar-refractivity contribution >= 4 is 10.0 Å². The summed E-state index contributed by atoms with van der Waals surface area (Å²) in [6.45, 7) is 5.37. The Labute approximate surface area is 182 Å². The monoisotopic (exact) mass is 452 g/mol. The second-order valence-corrected chi connectivity index (χ2v) is 10.4. The predicted molar refractivity (Wildman–Crippen MR) is 112 cm³/mol. The molecule has 0 bridgehead atoms. The lowest BCUT2D eigenvalue weighted by Gasteiger charge is -2.45. The Morgan fingerprint density at radius 1 is 1.23 bits per heavy atom. The molecular formula is C22H29FN2O5S. The third kappa shape index (κ3) is 4.78. The Bertz CT molecular complexity index is 978. The zero-order chi connectivity index (χ0) is 22.1. The van der Waals surface area contributed by atoms with E-state index in [0.29, 0.717) is 62.3 Å². The topological polar surface area (TPSA) is 81.9 Å². The highest BCUT2D eigenvalue weighted by Gasteiger charge is 2.43. The van der Waals surface area contributed by atoms with E-state index in [1.165, 1.54) is 16.4 Å². The van der Waals surface area contributed by atoms with Crippen molar-refractivity contribution in [1.82, 2.24) is 9.46 Å². The van der Waals surface area contributed by atoms with Gasteiger partial charge in [0.15, 0.2) is 5.76 Å². The minimum atomic E-state index is -3.62. The van der Waals surface area contributed by atoms with Crippen molar-refractivity contribution < 1.29 is 26.8 Å². The number of rotatable bonds is 6. The number of halogens is 1. The summed E-state index contributed by atoms with van der Waals surface area (Å²) in [4.78, 5) is 0.184. The van der Waals surface area contributed by atoms with Gasteiger partial charge in [-0.2, -0.15) is 4.31 Å². The second-order valence-electron chi connectivity index (χ2n) is 8.54. The van der Waals surface area contributed by atoms with Crippen LogP contribution in [-0.2, 0) is 14.8 Å². The Morgan fingerprint density at radius 3 is 2.58 bits per heavy atom. The fraction of sp³-hybridized carbons (Fsp3) is 0.591. The minimum Gasteiger partial charge on any atom is -0.494 e. The number of aryl methyl sites for hydroxylation is 2. The van der Waals surface area contributed by atoms with Crippen molar-refractivity contribution in [1.29, 1.82) is 0 Å². The average molecular weight is 453 g/mol. The van der Waals surface area contributed by atoms with E-state index in [0.717, 1.165) is 19.3 Å². The van der Waals surface area contributed by atoms with Crippen LogP contribution in [0, 0.1) is 25.6 Å². The van der Waals surface area contributed by atoms with Gasteiger partial charge in [-0.3, -0.25) is 0 Å². The predicted octanol–water partition coefficient (Wildman–Crippen LogP) is 3.85. The Kier molecular flexibility index (Phi) is 6.37. The smallest absolute Gasteiger partial charge is 0.248 e. The number of hydrogen-bond acceptors (Lipinski definition) is 6. The number of sulfonamides is 1. The molecule has 2 aliphatic rings. The lowest BCUT2D eigenvalue weighted by Crippen LogP contribution is -2.50. The first-order chi connectivity index (χ1) is 14.8. The maximum Gasteiger partial charge on any atom is 0.248 e. The van der Waals surface area contributed by atoms with Crippen LogP contribution in [-0.4, -0.2) is 49.8 Å². The van der Waals surface area contributed by atoms with Crippen LogP contribution in [0.1, 0.15) is 43.6 Å². The molecule has 1 atom stereocenters. The third-order valence-corrected chi connectivity index (χ3v) is 8.55. The molecule has 0 amide bonds. The zero-order valence-electron chi connectivity index (χ0n) is 18.0.